The molecule has 3 N–H and O–H groups in total. The first-order valence-electron chi connectivity index (χ1n) is 6.46. The smallest absolute Gasteiger partial charge is 0.251 e. The normalized spacial score (nSPS) is 13.5. The first-order valence-corrected chi connectivity index (χ1v) is 6.46. The van der Waals surface area contributed by atoms with E-state index in [-0.39, 0.29) is 5.91 Å². The Kier molecular flexibility index (Phi) is 3.18. The van der Waals surface area contributed by atoms with Crippen molar-refractivity contribution in [3.05, 3.63) is 47.5 Å². The second-order valence-corrected chi connectivity index (χ2v) is 4.62. The molecule has 0 saturated heterocycles. The largest absolute Gasteiger partial charge is 0.385 e. The third kappa shape index (κ3) is 2.59. The number of H-pyrrole nitrogens is 1. The molecule has 0 bridgehead atoms. The number of nitrogens with zero attached hydrogens (tertiary/aromatic N) is 1. The van der Waals surface area contributed by atoms with Crippen molar-refractivity contribution >= 4 is 11.6 Å². The summed E-state index contributed by atoms with van der Waals surface area (Å²) in [5.74, 6) is 0.692. The third-order valence-corrected chi connectivity index (χ3v) is 3.28. The molecule has 1 aromatic heterocycles. The molecule has 0 saturated carbocycles. The Morgan fingerprint density at radius 1 is 1.42 bits per heavy atom. The summed E-state index contributed by atoms with van der Waals surface area (Å²) in [6, 6.07) is 5.81. The average Bonchev–Trinajstić information content (AvgIpc) is 2.97. The molecule has 1 aromatic carbocycles. The Balaban J connectivity index is 1.69. The van der Waals surface area contributed by atoms with Gasteiger partial charge in [0.2, 0.25) is 0 Å². The highest BCUT2D eigenvalue weighted by molar-refractivity contribution is 5.94. The van der Waals surface area contributed by atoms with E-state index in [0.29, 0.717) is 12.1 Å². The van der Waals surface area contributed by atoms with Gasteiger partial charge >= 0.3 is 0 Å². The molecule has 1 aliphatic rings. The number of carbonyl (C=O) groups excluding carboxylic acids is 1. The molecule has 0 unspecified atom stereocenters. The van der Waals surface area contributed by atoms with Gasteiger partial charge in [0.15, 0.2) is 0 Å². The predicted molar refractivity (Wildman–Crippen MR) is 73.0 cm³/mol. The maximum Gasteiger partial charge on any atom is 0.251 e. The van der Waals surface area contributed by atoms with Gasteiger partial charge in [0.25, 0.3) is 5.91 Å². The summed E-state index contributed by atoms with van der Waals surface area (Å²) in [6.07, 6.45) is 5.56. The monoisotopic (exact) mass is 256 g/mol. The summed E-state index contributed by atoms with van der Waals surface area (Å²) < 4.78 is 0. The lowest BCUT2D eigenvalue weighted by molar-refractivity contribution is 0.0950. The van der Waals surface area contributed by atoms with Gasteiger partial charge in [-0.05, 0) is 36.6 Å². The van der Waals surface area contributed by atoms with Gasteiger partial charge in [-0.25, -0.2) is 4.98 Å². The van der Waals surface area contributed by atoms with Gasteiger partial charge in [-0.15, -0.1) is 0 Å². The van der Waals surface area contributed by atoms with Gasteiger partial charge in [0.05, 0.1) is 6.54 Å². The number of imidazole rings is 1. The first kappa shape index (κ1) is 11.8. The minimum Gasteiger partial charge on any atom is -0.385 e. The van der Waals surface area contributed by atoms with E-state index in [1.807, 2.05) is 18.2 Å². The molecule has 2 heterocycles. The number of carbonyl (C=O) groups is 1. The molecule has 0 atom stereocenters. The highest BCUT2D eigenvalue weighted by Crippen LogP contribution is 2.22. The number of nitrogens with one attached hydrogen (secondary N) is 3. The van der Waals surface area contributed by atoms with Gasteiger partial charge in [0, 0.05) is 30.2 Å². The van der Waals surface area contributed by atoms with Gasteiger partial charge in [-0.3, -0.25) is 4.79 Å². The van der Waals surface area contributed by atoms with E-state index in [1.165, 1.54) is 5.56 Å². The Morgan fingerprint density at radius 3 is 3.21 bits per heavy atom. The molecular weight excluding hydrogens is 240 g/mol. The zero-order chi connectivity index (χ0) is 13.1. The third-order valence-electron chi connectivity index (χ3n) is 3.28. The maximum atomic E-state index is 12.1. The van der Waals surface area contributed by atoms with Crippen molar-refractivity contribution in [2.45, 2.75) is 19.4 Å². The Morgan fingerprint density at radius 2 is 2.37 bits per heavy atom. The van der Waals surface area contributed by atoms with Crippen molar-refractivity contribution in [1.82, 2.24) is 15.3 Å². The number of hydrogen-bond acceptors (Lipinski definition) is 3. The van der Waals surface area contributed by atoms with Crippen LogP contribution in [0.15, 0.2) is 30.6 Å². The number of aromatic amines is 1. The molecule has 3 rings (SSSR count). The lowest BCUT2D eigenvalue weighted by atomic mass is 10.0. The average molecular weight is 256 g/mol. The van der Waals surface area contributed by atoms with Crippen LogP contribution in [0.4, 0.5) is 5.69 Å². The van der Waals surface area contributed by atoms with E-state index in [4.69, 9.17) is 0 Å². The number of rotatable bonds is 3. The molecule has 2 aromatic rings. The number of aryl methyl sites for hydroxylation is 1. The lowest BCUT2D eigenvalue weighted by Crippen LogP contribution is -2.24. The van der Waals surface area contributed by atoms with Crippen LogP contribution < -0.4 is 10.6 Å². The standard InChI is InChI=1S/C14H16N4O/c19-14(18-9-13-16-6-7-17-13)11-3-4-12-10(8-11)2-1-5-15-12/h3-4,6-8,15H,1-2,5,9H2,(H,16,17)(H,18,19). The number of anilines is 1. The second kappa shape index (κ2) is 5.14. The zero-order valence-corrected chi connectivity index (χ0v) is 10.6. The van der Waals surface area contributed by atoms with Crippen molar-refractivity contribution in [3.8, 4) is 0 Å². The van der Waals surface area contributed by atoms with Crippen molar-refractivity contribution in [3.63, 3.8) is 0 Å². The summed E-state index contributed by atoms with van der Waals surface area (Å²) in [4.78, 5) is 19.1. The molecular formula is C14H16N4O. The van der Waals surface area contributed by atoms with Crippen LogP contribution in [-0.2, 0) is 13.0 Å². The van der Waals surface area contributed by atoms with Crippen molar-refractivity contribution in [2.75, 3.05) is 11.9 Å². The zero-order valence-electron chi connectivity index (χ0n) is 10.6. The van der Waals surface area contributed by atoms with Gasteiger partial charge in [-0.2, -0.15) is 0 Å². The number of hydrogen-bond donors (Lipinski definition) is 3. The number of benzene rings is 1. The van der Waals surface area contributed by atoms with E-state index in [9.17, 15) is 4.79 Å². The van der Waals surface area contributed by atoms with Crippen LogP contribution in [0.2, 0.25) is 0 Å². The fourth-order valence-corrected chi connectivity index (χ4v) is 2.28. The summed E-state index contributed by atoms with van der Waals surface area (Å²) in [6.45, 7) is 1.43. The van der Waals surface area contributed by atoms with Gasteiger partial charge in [0.1, 0.15) is 5.82 Å². The molecule has 0 aliphatic carbocycles. The van der Waals surface area contributed by atoms with Gasteiger partial charge < -0.3 is 15.6 Å². The molecule has 5 heteroatoms. The van der Waals surface area contributed by atoms with Crippen LogP contribution in [0.3, 0.4) is 0 Å². The van der Waals surface area contributed by atoms with Crippen molar-refractivity contribution < 1.29 is 4.79 Å². The van der Waals surface area contributed by atoms with Crippen molar-refractivity contribution in [2.24, 2.45) is 0 Å². The Hall–Kier alpha value is -2.30. The minimum atomic E-state index is -0.0650. The number of amides is 1. The van der Waals surface area contributed by atoms with Crippen LogP contribution in [0.25, 0.3) is 0 Å². The summed E-state index contributed by atoms with van der Waals surface area (Å²) in [5, 5.41) is 6.19. The number of fused-ring (bicyclic) bond motifs is 1. The minimum absolute atomic E-state index is 0.0650. The topological polar surface area (TPSA) is 69.8 Å². The molecule has 5 nitrogen and oxygen atoms in total. The molecule has 0 fully saturated rings. The fourth-order valence-electron chi connectivity index (χ4n) is 2.28. The Labute approximate surface area is 111 Å². The van der Waals surface area contributed by atoms with Crippen LogP contribution >= 0.6 is 0 Å². The van der Waals surface area contributed by atoms with Crippen LogP contribution in [0.5, 0.6) is 0 Å². The number of aromatic nitrogens is 2. The van der Waals surface area contributed by atoms with E-state index >= 15 is 0 Å². The highest BCUT2D eigenvalue weighted by Gasteiger charge is 2.12. The van der Waals surface area contributed by atoms with Crippen LogP contribution in [0, 0.1) is 0 Å². The highest BCUT2D eigenvalue weighted by atomic mass is 16.1. The molecule has 0 spiro atoms. The summed E-state index contributed by atoms with van der Waals surface area (Å²) in [7, 11) is 0. The van der Waals surface area contributed by atoms with Crippen LogP contribution in [-0.4, -0.2) is 22.4 Å². The molecule has 0 radical (unpaired) electrons. The molecule has 19 heavy (non-hydrogen) atoms. The van der Waals surface area contributed by atoms with E-state index in [1.54, 1.807) is 12.4 Å². The van der Waals surface area contributed by atoms with E-state index in [0.717, 1.165) is 30.9 Å². The molecule has 1 aliphatic heterocycles. The molecule has 1 amide bonds. The van der Waals surface area contributed by atoms with E-state index in [2.05, 4.69) is 20.6 Å². The van der Waals surface area contributed by atoms with Crippen LogP contribution in [0.1, 0.15) is 28.2 Å². The van der Waals surface area contributed by atoms with Gasteiger partial charge in [-0.1, -0.05) is 0 Å². The lowest BCUT2D eigenvalue weighted by Gasteiger charge is -2.18. The summed E-state index contributed by atoms with van der Waals surface area (Å²) >= 11 is 0. The van der Waals surface area contributed by atoms with E-state index < -0.39 is 0 Å². The maximum absolute atomic E-state index is 12.1. The quantitative estimate of drug-likeness (QED) is 0.782. The second-order valence-electron chi connectivity index (χ2n) is 4.62. The summed E-state index contributed by atoms with van der Waals surface area (Å²) in [5.41, 5.74) is 3.07. The predicted octanol–water partition coefficient (Wildman–Crippen LogP) is 1.70. The Bertz CT molecular complexity index is 577. The fraction of sp³-hybridized carbons (Fsp3) is 0.286. The first-order chi connectivity index (χ1) is 9.33. The molecule has 98 valence electrons. The SMILES string of the molecule is O=C(NCc1ncc[nH]1)c1ccc2c(c1)CCCN2. The van der Waals surface area contributed by atoms with Crippen molar-refractivity contribution in [1.29, 1.82) is 0 Å².